The number of carbonyl (C=O) groups excluding carboxylic acids is 6. The smallest absolute Gasteiger partial charge is 0.408 e. The van der Waals surface area contributed by atoms with Crippen molar-refractivity contribution in [3.63, 3.8) is 0 Å². The lowest BCUT2D eigenvalue weighted by Crippen LogP contribution is -2.50. The quantitative estimate of drug-likeness (QED) is 0.0499. The Morgan fingerprint density at radius 2 is 1.36 bits per heavy atom. The van der Waals surface area contributed by atoms with E-state index in [1.54, 1.807) is 34.6 Å². The lowest BCUT2D eigenvalue weighted by molar-refractivity contribution is -0.145. The number of aromatic nitrogens is 2. The van der Waals surface area contributed by atoms with Gasteiger partial charge >= 0.3 is 24.2 Å². The lowest BCUT2D eigenvalue weighted by atomic mass is 9.97. The number of nitrogens with zero attached hydrogens (tertiary/aromatic N) is 1. The largest absolute Gasteiger partial charge is 0.465 e. The average molecular weight is 920 g/mol. The normalized spacial score (nSPS) is 16.7. The standard InChI is InChI=1S/C28H40N6O6.C19H25NO6/c1-28(2,29)25(36)32-22(17-39-16-20-6-4-3-5-7-20)23-21(12-13-40-27(38)31-15-19-10-11-19)24(35)34(33-23)26(37)30-14-18-8-9-18;1-19(2,3)26-18(23)20-15(16(21)14-9-10-25-17(14)22)12-24-11-13-7-5-4-6-8-13/h3-7,18-19,22,33H,8-17,29H2,1-2H3,(H,30,37)(H,31,38)(H,32,36);4-8,14-15H,9-12H2,1-3H3,(H,20,23)/t22-;14?,15-/m11/s1. The van der Waals surface area contributed by atoms with Gasteiger partial charge in [0.25, 0.3) is 5.56 Å². The van der Waals surface area contributed by atoms with Crippen LogP contribution in [0.5, 0.6) is 0 Å². The third-order valence-corrected chi connectivity index (χ3v) is 10.6. The van der Waals surface area contributed by atoms with E-state index in [1.165, 1.54) is 0 Å². The van der Waals surface area contributed by atoms with Gasteiger partial charge in [-0.2, -0.15) is 4.68 Å². The maximum absolute atomic E-state index is 13.4. The predicted octanol–water partition coefficient (Wildman–Crippen LogP) is 4.16. The Bertz CT molecular complexity index is 2160. The molecule has 19 nitrogen and oxygen atoms in total. The van der Waals surface area contributed by atoms with Crippen LogP contribution in [-0.4, -0.2) is 102 Å². The van der Waals surface area contributed by atoms with Crippen molar-refractivity contribution in [3.05, 3.63) is 93.4 Å². The van der Waals surface area contributed by atoms with Crippen molar-refractivity contribution in [2.75, 3.05) is 39.5 Å². The summed E-state index contributed by atoms with van der Waals surface area (Å²) < 4.78 is 27.7. The SMILES string of the molecule is CC(C)(C)OC(=O)N[C@H](COCc1ccccc1)C(=O)C1CCOC1=O.CC(C)(N)C(=O)N[C@H](COCc1ccccc1)c1[nH]n(C(=O)NCC2CC2)c(=O)c1CCOC(=O)NCC1CC1. The zero-order valence-electron chi connectivity index (χ0n) is 38.5. The van der Waals surface area contributed by atoms with Crippen molar-refractivity contribution < 1.29 is 52.5 Å². The Morgan fingerprint density at radius 3 is 1.89 bits per heavy atom. The number of ketones is 1. The fraction of sp³-hybridized carbons (Fsp3) is 0.553. The van der Waals surface area contributed by atoms with Gasteiger partial charge in [0.2, 0.25) is 5.91 Å². The number of rotatable bonds is 21. The lowest BCUT2D eigenvalue weighted by Gasteiger charge is -2.24. The number of alkyl carbamates (subject to hydrolysis) is 2. The summed E-state index contributed by atoms with van der Waals surface area (Å²) in [5, 5.41) is 13.8. The molecule has 1 aromatic heterocycles. The number of esters is 1. The number of aromatic amines is 1. The van der Waals surface area contributed by atoms with Crippen molar-refractivity contribution in [1.29, 1.82) is 0 Å². The molecule has 3 atom stereocenters. The van der Waals surface area contributed by atoms with E-state index in [-0.39, 0.29) is 51.6 Å². The minimum atomic E-state index is -1.20. The zero-order valence-corrected chi connectivity index (χ0v) is 38.5. The zero-order chi connectivity index (χ0) is 47.9. The molecular weight excluding hydrogens is 855 g/mol. The number of nitrogens with two attached hydrogens (primary N) is 1. The first-order valence-electron chi connectivity index (χ1n) is 22.4. The van der Waals surface area contributed by atoms with Gasteiger partial charge in [0.1, 0.15) is 17.6 Å². The number of carbonyl (C=O) groups is 6. The highest BCUT2D eigenvalue weighted by Gasteiger charge is 2.39. The van der Waals surface area contributed by atoms with Gasteiger partial charge in [-0.1, -0.05) is 60.7 Å². The molecule has 2 heterocycles. The van der Waals surface area contributed by atoms with Gasteiger partial charge in [0.05, 0.1) is 56.9 Å². The second kappa shape index (κ2) is 23.9. The summed E-state index contributed by atoms with van der Waals surface area (Å²) in [6, 6.07) is 16.6. The molecule has 360 valence electrons. The van der Waals surface area contributed by atoms with Gasteiger partial charge in [-0.15, -0.1) is 0 Å². The van der Waals surface area contributed by atoms with Crippen LogP contribution in [-0.2, 0) is 57.7 Å². The first kappa shape index (κ1) is 50.9. The van der Waals surface area contributed by atoms with Gasteiger partial charge in [-0.3, -0.25) is 24.3 Å². The number of benzene rings is 2. The number of hydrogen-bond donors (Lipinski definition) is 6. The Morgan fingerprint density at radius 1 is 0.788 bits per heavy atom. The predicted molar refractivity (Wildman–Crippen MR) is 241 cm³/mol. The van der Waals surface area contributed by atoms with E-state index in [1.807, 2.05) is 60.7 Å². The van der Waals surface area contributed by atoms with Crippen LogP contribution in [0.3, 0.4) is 0 Å². The number of hydrogen-bond acceptors (Lipinski definition) is 13. The van der Waals surface area contributed by atoms with Crippen LogP contribution >= 0.6 is 0 Å². The number of cyclic esters (lactones) is 1. The van der Waals surface area contributed by atoms with E-state index in [0.717, 1.165) is 41.5 Å². The molecule has 0 spiro atoms. The topological polar surface area (TPSA) is 260 Å². The van der Waals surface area contributed by atoms with Crippen LogP contribution in [0, 0.1) is 17.8 Å². The highest BCUT2D eigenvalue weighted by molar-refractivity contribution is 6.03. The molecule has 0 radical (unpaired) electrons. The Hall–Kier alpha value is -6.05. The molecule has 2 saturated carbocycles. The van der Waals surface area contributed by atoms with Crippen molar-refractivity contribution in [2.45, 2.75) is 110 Å². The van der Waals surface area contributed by atoms with Gasteiger partial charge in [-0.05, 0) is 83.3 Å². The molecule has 4 amide bonds. The van der Waals surface area contributed by atoms with Gasteiger partial charge in [0, 0.05) is 31.5 Å². The molecule has 6 rings (SSSR count). The number of amides is 4. The van der Waals surface area contributed by atoms with Crippen molar-refractivity contribution in [3.8, 4) is 0 Å². The monoisotopic (exact) mass is 919 g/mol. The van der Waals surface area contributed by atoms with Crippen molar-refractivity contribution >= 4 is 35.9 Å². The van der Waals surface area contributed by atoms with E-state index in [4.69, 9.17) is 29.4 Å². The Balaban J connectivity index is 0.000000272. The maximum Gasteiger partial charge on any atom is 0.408 e. The van der Waals surface area contributed by atoms with Crippen LogP contribution in [0.4, 0.5) is 14.4 Å². The summed E-state index contributed by atoms with van der Waals surface area (Å²) in [6.45, 7) is 9.96. The summed E-state index contributed by atoms with van der Waals surface area (Å²) >= 11 is 0. The van der Waals surface area contributed by atoms with Crippen molar-refractivity contribution in [2.24, 2.45) is 23.5 Å². The fourth-order valence-corrected chi connectivity index (χ4v) is 6.56. The number of H-pyrrole nitrogens is 1. The molecular formula is C47H65N7O12. The summed E-state index contributed by atoms with van der Waals surface area (Å²) in [5.74, 6) is -1.41. The molecule has 3 fully saturated rings. The highest BCUT2D eigenvalue weighted by Crippen LogP contribution is 2.28. The van der Waals surface area contributed by atoms with Crippen LogP contribution in [0.2, 0.25) is 0 Å². The van der Waals surface area contributed by atoms with Gasteiger partial charge in [0.15, 0.2) is 5.78 Å². The van der Waals surface area contributed by atoms with Gasteiger partial charge < -0.3 is 50.7 Å². The summed E-state index contributed by atoms with van der Waals surface area (Å²) in [6.07, 6.45) is 3.31. The number of ether oxygens (including phenoxy) is 5. The summed E-state index contributed by atoms with van der Waals surface area (Å²) in [7, 11) is 0. The minimum absolute atomic E-state index is 0.00388. The highest BCUT2D eigenvalue weighted by atomic mass is 16.6. The third-order valence-electron chi connectivity index (χ3n) is 10.6. The maximum atomic E-state index is 13.4. The molecule has 3 aromatic rings. The van der Waals surface area contributed by atoms with E-state index in [0.29, 0.717) is 37.0 Å². The molecule has 19 heteroatoms. The third kappa shape index (κ3) is 17.1. The number of Topliss-reactive ketones (excluding diaryl/α,β-unsaturated/α-hetero) is 1. The molecule has 2 aliphatic carbocycles. The molecule has 2 aromatic carbocycles. The summed E-state index contributed by atoms with van der Waals surface area (Å²) in [5.41, 5.74) is 5.92. The van der Waals surface area contributed by atoms with E-state index in [2.05, 4.69) is 26.4 Å². The van der Waals surface area contributed by atoms with Crippen molar-refractivity contribution in [1.82, 2.24) is 31.0 Å². The summed E-state index contributed by atoms with van der Waals surface area (Å²) in [4.78, 5) is 87.7. The van der Waals surface area contributed by atoms with Gasteiger partial charge in [-0.25, -0.2) is 14.4 Å². The van der Waals surface area contributed by atoms with E-state index in [9.17, 15) is 33.6 Å². The van der Waals surface area contributed by atoms with E-state index < -0.39 is 70.6 Å². The fourth-order valence-electron chi connectivity index (χ4n) is 6.56. The number of nitrogens with one attached hydrogen (secondary N) is 5. The second-order valence-corrected chi connectivity index (χ2v) is 18.3. The average Bonchev–Trinajstić information content (AvgIpc) is 4.21. The van der Waals surface area contributed by atoms with Crippen LogP contribution in [0.1, 0.15) is 95.1 Å². The first-order valence-corrected chi connectivity index (χ1v) is 22.4. The molecule has 0 bridgehead atoms. The van der Waals surface area contributed by atoms with Crippen LogP contribution in [0.15, 0.2) is 65.5 Å². The van der Waals surface area contributed by atoms with Crippen LogP contribution < -0.4 is 32.6 Å². The molecule has 1 saturated heterocycles. The molecule has 7 N–H and O–H groups in total. The second-order valence-electron chi connectivity index (χ2n) is 18.3. The molecule has 1 unspecified atom stereocenters. The molecule has 1 aliphatic heterocycles. The molecule has 66 heavy (non-hydrogen) atoms. The Kier molecular flexibility index (Phi) is 18.5. The Labute approximate surface area is 384 Å². The minimum Gasteiger partial charge on any atom is -0.465 e. The van der Waals surface area contributed by atoms with Crippen LogP contribution in [0.25, 0.3) is 0 Å². The van der Waals surface area contributed by atoms with E-state index >= 15 is 0 Å². The molecule has 3 aliphatic rings. The first-order chi connectivity index (χ1) is 31.4.